The van der Waals surface area contributed by atoms with Gasteiger partial charge in [-0.2, -0.15) is 5.26 Å². The van der Waals surface area contributed by atoms with E-state index in [1.165, 1.54) is 7.11 Å². The Bertz CT molecular complexity index is 534. The van der Waals surface area contributed by atoms with Crippen LogP contribution in [0.4, 0.5) is 5.69 Å². The molecule has 0 spiro atoms. The fourth-order valence-corrected chi connectivity index (χ4v) is 2.78. The second-order valence-electron chi connectivity index (χ2n) is 5.26. The van der Waals surface area contributed by atoms with Crippen molar-refractivity contribution in [1.29, 1.82) is 5.26 Å². The van der Waals surface area contributed by atoms with Gasteiger partial charge in [0.1, 0.15) is 6.07 Å². The molecule has 0 bridgehead atoms. The van der Waals surface area contributed by atoms with Crippen LogP contribution in [-0.2, 0) is 9.53 Å². The van der Waals surface area contributed by atoms with Crippen LogP contribution in [0, 0.1) is 18.3 Å². The minimum Gasteiger partial charge on any atom is -0.469 e. The third-order valence-corrected chi connectivity index (χ3v) is 3.84. The van der Waals surface area contributed by atoms with Gasteiger partial charge < -0.3 is 9.64 Å². The van der Waals surface area contributed by atoms with Crippen molar-refractivity contribution in [2.45, 2.75) is 38.6 Å². The van der Waals surface area contributed by atoms with Gasteiger partial charge in [-0.1, -0.05) is 6.07 Å². The molecule has 0 amide bonds. The van der Waals surface area contributed by atoms with Crippen molar-refractivity contribution in [1.82, 2.24) is 0 Å². The van der Waals surface area contributed by atoms with Gasteiger partial charge >= 0.3 is 5.97 Å². The Labute approximate surface area is 120 Å². The Morgan fingerprint density at radius 3 is 3.00 bits per heavy atom. The summed E-state index contributed by atoms with van der Waals surface area (Å²) in [4.78, 5) is 13.8. The van der Waals surface area contributed by atoms with Crippen molar-refractivity contribution < 1.29 is 9.53 Å². The van der Waals surface area contributed by atoms with Crippen LogP contribution < -0.4 is 4.90 Å². The number of carbonyl (C=O) groups is 1. The molecule has 0 aromatic heterocycles. The van der Waals surface area contributed by atoms with Gasteiger partial charge in [0.2, 0.25) is 0 Å². The first kappa shape index (κ1) is 14.4. The van der Waals surface area contributed by atoms with Gasteiger partial charge in [0.05, 0.1) is 24.8 Å². The first-order valence-corrected chi connectivity index (χ1v) is 7.00. The second kappa shape index (κ2) is 6.42. The Kier molecular flexibility index (Phi) is 4.62. The fourth-order valence-electron chi connectivity index (χ4n) is 2.78. The lowest BCUT2D eigenvalue weighted by molar-refractivity contribution is -0.141. The van der Waals surface area contributed by atoms with Gasteiger partial charge in [-0.25, -0.2) is 0 Å². The Hall–Kier alpha value is -2.02. The van der Waals surface area contributed by atoms with Crippen LogP contribution in [-0.4, -0.2) is 25.7 Å². The van der Waals surface area contributed by atoms with Crippen LogP contribution in [0.3, 0.4) is 0 Å². The Morgan fingerprint density at radius 2 is 2.30 bits per heavy atom. The van der Waals surface area contributed by atoms with E-state index in [1.54, 1.807) is 0 Å². The van der Waals surface area contributed by atoms with Crippen molar-refractivity contribution in [3.8, 4) is 6.07 Å². The van der Waals surface area contributed by atoms with Crippen molar-refractivity contribution in [2.24, 2.45) is 0 Å². The normalized spacial score (nSPS) is 18.4. The number of nitriles is 1. The summed E-state index contributed by atoms with van der Waals surface area (Å²) >= 11 is 0. The van der Waals surface area contributed by atoms with Crippen molar-refractivity contribution >= 4 is 11.7 Å². The van der Waals surface area contributed by atoms with Gasteiger partial charge in [0, 0.05) is 12.6 Å². The van der Waals surface area contributed by atoms with E-state index >= 15 is 0 Å². The number of aryl methyl sites for hydroxylation is 1. The maximum atomic E-state index is 11.6. The minimum atomic E-state index is -0.187. The molecule has 1 atom stereocenters. The highest BCUT2D eigenvalue weighted by Crippen LogP contribution is 2.30. The summed E-state index contributed by atoms with van der Waals surface area (Å²) in [5, 5.41) is 9.29. The molecule has 0 aliphatic carbocycles. The van der Waals surface area contributed by atoms with E-state index in [0.29, 0.717) is 12.0 Å². The number of carbonyl (C=O) groups excluding carboxylic acids is 1. The summed E-state index contributed by atoms with van der Waals surface area (Å²) < 4.78 is 4.79. The molecule has 1 heterocycles. The van der Waals surface area contributed by atoms with Gasteiger partial charge in [0.15, 0.2) is 0 Å². The van der Waals surface area contributed by atoms with Crippen molar-refractivity contribution in [2.75, 3.05) is 18.6 Å². The van der Waals surface area contributed by atoms with Gasteiger partial charge in [-0.3, -0.25) is 4.79 Å². The largest absolute Gasteiger partial charge is 0.469 e. The van der Waals surface area contributed by atoms with E-state index in [-0.39, 0.29) is 12.0 Å². The fraction of sp³-hybridized carbons (Fsp3) is 0.500. The number of benzene rings is 1. The number of methoxy groups -OCH3 is 1. The maximum absolute atomic E-state index is 11.6. The topological polar surface area (TPSA) is 53.3 Å². The Balaban J connectivity index is 2.30. The quantitative estimate of drug-likeness (QED) is 0.794. The molecule has 1 aromatic carbocycles. The zero-order valence-electron chi connectivity index (χ0n) is 12.1. The molecule has 0 N–H and O–H groups in total. The summed E-state index contributed by atoms with van der Waals surface area (Å²) in [5.41, 5.74) is 2.75. The molecular formula is C16H20N2O2. The van der Waals surface area contributed by atoms with Gasteiger partial charge in [-0.15, -0.1) is 0 Å². The summed E-state index contributed by atoms with van der Waals surface area (Å²) in [6.07, 6.45) is 3.56. The van der Waals surface area contributed by atoms with Crippen LogP contribution in [0.15, 0.2) is 18.2 Å². The predicted molar refractivity (Wildman–Crippen MR) is 77.5 cm³/mol. The monoisotopic (exact) mass is 272 g/mol. The number of ether oxygens (including phenoxy) is 1. The number of nitrogens with zero attached hydrogens (tertiary/aromatic N) is 2. The lowest BCUT2D eigenvalue weighted by atomic mass is 9.97. The summed E-state index contributed by atoms with van der Waals surface area (Å²) in [5.74, 6) is -0.187. The van der Waals surface area contributed by atoms with Crippen LogP contribution in [0.25, 0.3) is 0 Å². The van der Waals surface area contributed by atoms with Gasteiger partial charge in [-0.05, 0) is 43.9 Å². The zero-order chi connectivity index (χ0) is 14.5. The van der Waals surface area contributed by atoms with E-state index < -0.39 is 0 Å². The molecule has 106 valence electrons. The van der Waals surface area contributed by atoms with Gasteiger partial charge in [0.25, 0.3) is 0 Å². The first-order valence-electron chi connectivity index (χ1n) is 7.00. The van der Waals surface area contributed by atoms with E-state index in [0.717, 1.165) is 37.1 Å². The molecule has 4 nitrogen and oxygen atoms in total. The second-order valence-corrected chi connectivity index (χ2v) is 5.26. The van der Waals surface area contributed by atoms with E-state index in [4.69, 9.17) is 4.74 Å². The standard InChI is InChI=1S/C16H20N2O2/c1-12-6-7-13(11-17)15(9-12)18-8-4-3-5-14(18)10-16(19)20-2/h6-7,9,14H,3-5,8,10H2,1-2H3. The summed E-state index contributed by atoms with van der Waals surface area (Å²) in [6, 6.07) is 8.22. The molecule has 1 aromatic rings. The Morgan fingerprint density at radius 1 is 1.50 bits per heavy atom. The van der Waals surface area contributed by atoms with Crippen LogP contribution in [0.5, 0.6) is 0 Å². The van der Waals surface area contributed by atoms with E-state index in [9.17, 15) is 10.1 Å². The molecule has 1 saturated heterocycles. The molecule has 20 heavy (non-hydrogen) atoms. The van der Waals surface area contributed by atoms with Crippen molar-refractivity contribution in [3.63, 3.8) is 0 Å². The van der Waals surface area contributed by atoms with Crippen LogP contribution in [0.1, 0.15) is 36.8 Å². The molecule has 1 aliphatic rings. The zero-order valence-corrected chi connectivity index (χ0v) is 12.1. The number of anilines is 1. The number of esters is 1. The SMILES string of the molecule is COC(=O)CC1CCCCN1c1cc(C)ccc1C#N. The molecular weight excluding hydrogens is 252 g/mol. The molecule has 4 heteroatoms. The smallest absolute Gasteiger partial charge is 0.307 e. The average molecular weight is 272 g/mol. The van der Waals surface area contributed by atoms with E-state index in [1.807, 2.05) is 25.1 Å². The van der Waals surface area contributed by atoms with Crippen molar-refractivity contribution in [3.05, 3.63) is 29.3 Å². The molecule has 2 rings (SSSR count). The molecule has 0 saturated carbocycles. The number of rotatable bonds is 3. The molecule has 1 unspecified atom stereocenters. The highest BCUT2D eigenvalue weighted by atomic mass is 16.5. The summed E-state index contributed by atoms with van der Waals surface area (Å²) in [6.45, 7) is 2.91. The third-order valence-electron chi connectivity index (χ3n) is 3.84. The lowest BCUT2D eigenvalue weighted by Crippen LogP contribution is -2.41. The average Bonchev–Trinajstić information content (AvgIpc) is 2.47. The predicted octanol–water partition coefficient (Wildman–Crippen LogP) is 2.79. The molecule has 1 aliphatic heterocycles. The lowest BCUT2D eigenvalue weighted by Gasteiger charge is -2.37. The number of hydrogen-bond acceptors (Lipinski definition) is 4. The van der Waals surface area contributed by atoms with E-state index in [2.05, 4.69) is 11.0 Å². The number of piperidine rings is 1. The third kappa shape index (κ3) is 3.11. The number of hydrogen-bond donors (Lipinski definition) is 0. The highest BCUT2D eigenvalue weighted by molar-refractivity contribution is 5.71. The molecule has 0 radical (unpaired) electrons. The highest BCUT2D eigenvalue weighted by Gasteiger charge is 2.26. The first-order chi connectivity index (χ1) is 9.65. The minimum absolute atomic E-state index is 0.130. The molecule has 1 fully saturated rings. The summed E-state index contributed by atoms with van der Waals surface area (Å²) in [7, 11) is 1.42. The maximum Gasteiger partial charge on any atom is 0.307 e. The van der Waals surface area contributed by atoms with Crippen LogP contribution in [0.2, 0.25) is 0 Å². The van der Waals surface area contributed by atoms with Crippen LogP contribution >= 0.6 is 0 Å².